The second kappa shape index (κ2) is 18.0. The highest BCUT2D eigenvalue weighted by Gasteiger charge is 2.38. The van der Waals surface area contributed by atoms with E-state index in [1.54, 1.807) is 81.4 Å². The highest BCUT2D eigenvalue weighted by atomic mass is 79.9. The highest BCUT2D eigenvalue weighted by Crippen LogP contribution is 2.36. The molecule has 17 heteroatoms. The Morgan fingerprint density at radius 1 is 0.831 bits per heavy atom. The number of halogens is 4. The molecule has 2 amide bonds. The van der Waals surface area contributed by atoms with Crippen LogP contribution < -0.4 is 14.8 Å². The zero-order valence-corrected chi connectivity index (χ0v) is 36.0. The van der Waals surface area contributed by atoms with Crippen LogP contribution in [0.15, 0.2) is 81.5 Å². The van der Waals surface area contributed by atoms with Gasteiger partial charge in [0.05, 0.1) is 15.6 Å². The molecule has 0 fully saturated rings. The molecule has 0 spiro atoms. The van der Waals surface area contributed by atoms with Gasteiger partial charge in [-0.25, -0.2) is 23.3 Å². The monoisotopic (exact) mass is 886 g/mol. The molecule has 0 saturated heterocycles. The maximum Gasteiger partial charge on any atom is 0.425 e. The lowest BCUT2D eigenvalue weighted by atomic mass is 10.1. The van der Waals surface area contributed by atoms with Crippen LogP contribution in [0.3, 0.4) is 0 Å². The summed E-state index contributed by atoms with van der Waals surface area (Å²) in [7, 11) is 1.32. The van der Waals surface area contributed by atoms with E-state index in [1.807, 2.05) is 0 Å². The second-order valence-electron chi connectivity index (χ2n) is 16.0. The molecule has 4 rings (SSSR count). The van der Waals surface area contributed by atoms with Crippen molar-refractivity contribution in [3.63, 3.8) is 0 Å². The Bertz CT molecular complexity index is 2290. The lowest BCUT2D eigenvalue weighted by molar-refractivity contribution is -0.0503. The van der Waals surface area contributed by atoms with E-state index in [2.05, 4.69) is 31.0 Å². The van der Waals surface area contributed by atoms with Crippen molar-refractivity contribution in [3.05, 3.63) is 93.6 Å². The molecular formula is C42H46BrF3N4O9. The van der Waals surface area contributed by atoms with E-state index >= 15 is 4.79 Å². The minimum Gasteiger partial charge on any atom is -0.454 e. The van der Waals surface area contributed by atoms with Gasteiger partial charge >= 0.3 is 24.9 Å². The van der Waals surface area contributed by atoms with Gasteiger partial charge in [-0.15, -0.1) is 0 Å². The molecule has 59 heavy (non-hydrogen) atoms. The van der Waals surface area contributed by atoms with Crippen molar-refractivity contribution in [2.45, 2.75) is 92.7 Å². The van der Waals surface area contributed by atoms with Gasteiger partial charge in [-0.1, -0.05) is 12.1 Å². The molecule has 316 valence electrons. The maximum atomic E-state index is 15.1. The predicted octanol–water partition coefficient (Wildman–Crippen LogP) is 11.4. The number of allylic oxidation sites excluding steroid dienone is 1. The molecule has 1 heterocycles. The first-order chi connectivity index (χ1) is 27.3. The van der Waals surface area contributed by atoms with Gasteiger partial charge in [-0.05, 0) is 139 Å². The molecule has 0 aliphatic carbocycles. The van der Waals surface area contributed by atoms with Crippen molar-refractivity contribution >= 4 is 62.8 Å². The smallest absolute Gasteiger partial charge is 0.425 e. The number of aromatic nitrogens is 1. The van der Waals surface area contributed by atoms with E-state index < -0.39 is 64.7 Å². The van der Waals surface area contributed by atoms with E-state index in [9.17, 15) is 27.6 Å². The quantitative estimate of drug-likeness (QED) is 0.0706. The first-order valence-electron chi connectivity index (χ1n) is 18.1. The number of Topliss-reactive ketones (excluding diaryl/α,β-unsaturated/α-hetero) is 1. The Balaban J connectivity index is 2.07. The zero-order valence-electron chi connectivity index (χ0n) is 34.5. The number of ketones is 1. The maximum absolute atomic E-state index is 15.1. The van der Waals surface area contributed by atoms with Crippen LogP contribution in [0.1, 0.15) is 78.4 Å². The molecule has 0 aliphatic rings. The number of aliphatic imine (C=N–C) groups is 1. The minimum absolute atomic E-state index is 0.0272. The van der Waals surface area contributed by atoms with Crippen molar-refractivity contribution in [2.24, 2.45) is 4.99 Å². The third kappa shape index (κ3) is 12.1. The standard InChI is InChI=1S/C42H46BrF3N4O9/c1-23-18-25(55-32-15-13-12-14-28(32)44)16-17-29(23)48-35(50(38(53)58-41(5,6)7)39(54)59-42(8,9)10)26(22-47-11)34(51)31-19-24-20-33(56-36(45)46)27(43)21-30(24)49(31)37(52)57-40(2,3)4/h12-22,36,48H,1-11H3/b35-26-,47-22-. The van der Waals surface area contributed by atoms with Crippen LogP contribution in [0, 0.1) is 12.7 Å². The van der Waals surface area contributed by atoms with E-state index in [0.29, 0.717) is 10.5 Å². The number of carbonyl (C=O) groups is 4. The van der Waals surface area contributed by atoms with Crippen molar-refractivity contribution < 1.29 is 56.0 Å². The van der Waals surface area contributed by atoms with E-state index in [-0.39, 0.29) is 44.0 Å². The van der Waals surface area contributed by atoms with Crippen LogP contribution in [-0.2, 0) is 14.2 Å². The van der Waals surface area contributed by atoms with Crippen molar-refractivity contribution in [1.29, 1.82) is 0 Å². The van der Waals surface area contributed by atoms with Crippen LogP contribution in [0.25, 0.3) is 10.9 Å². The van der Waals surface area contributed by atoms with Crippen molar-refractivity contribution in [2.75, 3.05) is 12.4 Å². The number of para-hydroxylation sites is 1. The number of hydrogen-bond donors (Lipinski definition) is 1. The predicted molar refractivity (Wildman–Crippen MR) is 219 cm³/mol. The average molecular weight is 888 g/mol. The first kappa shape index (κ1) is 45.9. The summed E-state index contributed by atoms with van der Waals surface area (Å²) in [5, 5.41) is 3.11. The molecule has 0 saturated carbocycles. The third-order valence-electron chi connectivity index (χ3n) is 7.53. The van der Waals surface area contributed by atoms with Crippen molar-refractivity contribution in [3.8, 4) is 17.2 Å². The Morgan fingerprint density at radius 2 is 1.42 bits per heavy atom. The van der Waals surface area contributed by atoms with Gasteiger partial charge in [-0.3, -0.25) is 9.79 Å². The topological polar surface area (TPSA) is 147 Å². The van der Waals surface area contributed by atoms with Gasteiger partial charge in [0.15, 0.2) is 11.6 Å². The number of nitrogens with zero attached hydrogens (tertiary/aromatic N) is 3. The summed E-state index contributed by atoms with van der Waals surface area (Å²) in [6, 6.07) is 14.1. The van der Waals surface area contributed by atoms with Crippen LogP contribution in [0.4, 0.5) is 33.2 Å². The molecule has 0 bridgehead atoms. The van der Waals surface area contributed by atoms with Gasteiger partial charge in [0.25, 0.3) is 0 Å². The zero-order chi connectivity index (χ0) is 44.2. The van der Waals surface area contributed by atoms with Gasteiger partial charge < -0.3 is 29.0 Å². The molecule has 0 unspecified atom stereocenters. The summed E-state index contributed by atoms with van der Waals surface area (Å²) in [5.74, 6) is -2.21. The number of carbonyl (C=O) groups excluding carboxylic acids is 4. The van der Waals surface area contributed by atoms with Gasteiger partial charge in [0, 0.05) is 24.3 Å². The number of amides is 2. The van der Waals surface area contributed by atoms with E-state index in [4.69, 9.17) is 18.9 Å². The van der Waals surface area contributed by atoms with Crippen molar-refractivity contribution in [1.82, 2.24) is 9.47 Å². The largest absolute Gasteiger partial charge is 0.454 e. The molecule has 0 aliphatic heterocycles. The fourth-order valence-electron chi connectivity index (χ4n) is 5.30. The number of hydrogen-bond acceptors (Lipinski definition) is 11. The Hall–Kier alpha value is -5.84. The molecule has 4 aromatic rings. The number of alkyl halides is 2. The Labute approximate surface area is 348 Å². The van der Waals surface area contributed by atoms with Crippen LogP contribution in [0.2, 0.25) is 0 Å². The normalized spacial score (nSPS) is 12.6. The van der Waals surface area contributed by atoms with E-state index in [1.165, 1.54) is 55.6 Å². The lowest BCUT2D eigenvalue weighted by Gasteiger charge is -2.31. The number of aryl methyl sites for hydroxylation is 1. The van der Waals surface area contributed by atoms with Crippen LogP contribution >= 0.6 is 15.9 Å². The SMILES string of the molecule is C/N=C\C(C(=O)c1cc2cc(OC(F)F)c(Br)cc2n1C(=O)OC(C)(C)C)=C(/Nc1ccc(Oc2ccccc2F)cc1C)N(C(=O)OC(C)(C)C)C(=O)OC(C)(C)C. The van der Waals surface area contributed by atoms with Crippen LogP contribution in [0.5, 0.6) is 17.2 Å². The second-order valence-corrected chi connectivity index (χ2v) is 16.8. The fraction of sp³-hybridized carbons (Fsp3) is 0.357. The fourth-order valence-corrected chi connectivity index (χ4v) is 5.72. The highest BCUT2D eigenvalue weighted by molar-refractivity contribution is 9.10. The Morgan fingerprint density at radius 3 is 1.95 bits per heavy atom. The first-order valence-corrected chi connectivity index (χ1v) is 18.9. The molecule has 0 atom stereocenters. The molecule has 1 N–H and O–H groups in total. The summed E-state index contributed by atoms with van der Waals surface area (Å²) in [6.45, 7) is 12.7. The number of ether oxygens (including phenoxy) is 5. The summed E-state index contributed by atoms with van der Waals surface area (Å²) in [4.78, 5) is 61.9. The average Bonchev–Trinajstić information content (AvgIpc) is 3.44. The van der Waals surface area contributed by atoms with Crippen LogP contribution in [-0.4, -0.2) is 70.2 Å². The molecular weight excluding hydrogens is 841 g/mol. The minimum atomic E-state index is -3.20. The van der Waals surface area contributed by atoms with Gasteiger partial charge in [0.1, 0.15) is 39.8 Å². The number of fused-ring (bicyclic) bond motifs is 1. The third-order valence-corrected chi connectivity index (χ3v) is 8.15. The summed E-state index contributed by atoms with van der Waals surface area (Å²) in [6.07, 6.45) is -2.49. The van der Waals surface area contributed by atoms with Gasteiger partial charge in [-0.2, -0.15) is 13.7 Å². The number of nitrogens with one attached hydrogen (secondary N) is 1. The lowest BCUT2D eigenvalue weighted by Crippen LogP contribution is -2.45. The molecule has 1 aromatic heterocycles. The summed E-state index contributed by atoms with van der Waals surface area (Å²) < 4.78 is 69.5. The summed E-state index contributed by atoms with van der Waals surface area (Å²) in [5.41, 5.74) is -3.54. The van der Waals surface area contributed by atoms with E-state index in [0.717, 1.165) is 10.8 Å². The van der Waals surface area contributed by atoms with Gasteiger partial charge in [0.2, 0.25) is 5.78 Å². The molecule has 3 aromatic carbocycles. The number of rotatable bonds is 10. The molecule has 0 radical (unpaired) electrons. The molecule has 13 nitrogen and oxygen atoms in total. The number of benzene rings is 3. The Kier molecular flexibility index (Phi) is 14.0. The number of imide groups is 1. The number of anilines is 1. The summed E-state index contributed by atoms with van der Waals surface area (Å²) >= 11 is 3.20.